The van der Waals surface area contributed by atoms with E-state index in [2.05, 4.69) is 15.0 Å². The third-order valence-corrected chi connectivity index (χ3v) is 2.32. The second kappa shape index (κ2) is 5.32. The molecule has 0 aliphatic heterocycles. The lowest BCUT2D eigenvalue weighted by Crippen LogP contribution is -2.03. The molecule has 82 valence electrons. The summed E-state index contributed by atoms with van der Waals surface area (Å²) in [6.07, 6.45) is 7.28. The van der Waals surface area contributed by atoms with E-state index in [0.29, 0.717) is 12.1 Å². The lowest BCUT2D eigenvalue weighted by Gasteiger charge is -2.08. The Morgan fingerprint density at radius 1 is 1.12 bits per heavy atom. The van der Waals surface area contributed by atoms with Gasteiger partial charge in [0.05, 0.1) is 18.0 Å². The second-order valence-corrected chi connectivity index (χ2v) is 3.51. The first-order valence-electron chi connectivity index (χ1n) is 5.20. The Morgan fingerprint density at radius 2 is 2.06 bits per heavy atom. The molecule has 0 bridgehead atoms. The van der Waals surface area contributed by atoms with Crippen LogP contribution in [0, 0.1) is 0 Å². The van der Waals surface area contributed by atoms with Gasteiger partial charge in [0, 0.05) is 24.3 Å². The predicted octanol–water partition coefficient (Wildman–Crippen LogP) is 1.54. The van der Waals surface area contributed by atoms with Crippen molar-refractivity contribution in [1.29, 1.82) is 0 Å². The van der Waals surface area contributed by atoms with Crippen molar-refractivity contribution < 1.29 is 5.11 Å². The van der Waals surface area contributed by atoms with Gasteiger partial charge in [-0.2, -0.15) is 0 Å². The number of pyridine rings is 1. The molecule has 0 saturated heterocycles. The molecule has 0 fully saturated rings. The maximum Gasteiger partial charge on any atom is 0.0979 e. The summed E-state index contributed by atoms with van der Waals surface area (Å²) in [6, 6.07) is 5.77. The third-order valence-electron chi connectivity index (χ3n) is 2.32. The standard InChI is InChI=1S/C12H13N3O/c16-12(11-9-13-7-8-15-11)5-4-10-3-1-2-6-14-10/h1-3,6-9,12,16H,4-5H2. The molecule has 2 aromatic rings. The van der Waals surface area contributed by atoms with Crippen LogP contribution in [-0.2, 0) is 6.42 Å². The van der Waals surface area contributed by atoms with Gasteiger partial charge in [-0.25, -0.2) is 0 Å². The van der Waals surface area contributed by atoms with Gasteiger partial charge >= 0.3 is 0 Å². The maximum absolute atomic E-state index is 9.85. The van der Waals surface area contributed by atoms with Crippen LogP contribution in [0.1, 0.15) is 23.9 Å². The normalized spacial score (nSPS) is 12.3. The van der Waals surface area contributed by atoms with Crippen molar-refractivity contribution in [2.75, 3.05) is 0 Å². The highest BCUT2D eigenvalue weighted by Gasteiger charge is 2.08. The minimum absolute atomic E-state index is 0.573. The fraction of sp³-hybridized carbons (Fsp3) is 0.250. The Balaban J connectivity index is 1.92. The number of hydrogen-bond acceptors (Lipinski definition) is 4. The van der Waals surface area contributed by atoms with Crippen LogP contribution >= 0.6 is 0 Å². The number of nitrogens with zero attached hydrogens (tertiary/aromatic N) is 3. The molecule has 0 amide bonds. The van der Waals surface area contributed by atoms with Gasteiger partial charge in [0.1, 0.15) is 0 Å². The average molecular weight is 215 g/mol. The van der Waals surface area contributed by atoms with Crippen LogP contribution in [0.4, 0.5) is 0 Å². The highest BCUT2D eigenvalue weighted by molar-refractivity contribution is 5.05. The molecule has 0 radical (unpaired) electrons. The summed E-state index contributed by atoms with van der Waals surface area (Å²) in [7, 11) is 0. The fourth-order valence-corrected chi connectivity index (χ4v) is 1.46. The number of hydrogen-bond donors (Lipinski definition) is 1. The molecule has 2 aromatic heterocycles. The molecule has 2 rings (SSSR count). The summed E-state index contributed by atoms with van der Waals surface area (Å²) in [5.41, 5.74) is 1.59. The number of aliphatic hydroxyl groups is 1. The van der Waals surface area contributed by atoms with Crippen LogP contribution in [0.3, 0.4) is 0 Å². The molecule has 2 heterocycles. The SMILES string of the molecule is OC(CCc1ccccn1)c1cnccn1. The van der Waals surface area contributed by atoms with Gasteiger partial charge < -0.3 is 5.11 Å². The minimum Gasteiger partial charge on any atom is -0.387 e. The van der Waals surface area contributed by atoms with Crippen molar-refractivity contribution in [2.24, 2.45) is 0 Å². The molecule has 4 heteroatoms. The molecular formula is C12H13N3O. The molecule has 4 nitrogen and oxygen atoms in total. The molecule has 0 aliphatic carbocycles. The van der Waals surface area contributed by atoms with Gasteiger partial charge in [-0.3, -0.25) is 15.0 Å². The van der Waals surface area contributed by atoms with E-state index in [1.165, 1.54) is 0 Å². The molecule has 1 atom stereocenters. The molecular weight excluding hydrogens is 202 g/mol. The maximum atomic E-state index is 9.85. The summed E-state index contributed by atoms with van der Waals surface area (Å²) >= 11 is 0. The number of aliphatic hydroxyl groups excluding tert-OH is 1. The summed E-state index contributed by atoms with van der Waals surface area (Å²) in [6.45, 7) is 0. The lowest BCUT2D eigenvalue weighted by molar-refractivity contribution is 0.162. The van der Waals surface area contributed by atoms with Crippen molar-refractivity contribution >= 4 is 0 Å². The molecule has 0 saturated carbocycles. The Hall–Kier alpha value is -1.81. The third kappa shape index (κ3) is 2.84. The van der Waals surface area contributed by atoms with E-state index in [1.807, 2.05) is 18.2 Å². The van der Waals surface area contributed by atoms with E-state index >= 15 is 0 Å². The van der Waals surface area contributed by atoms with E-state index in [9.17, 15) is 5.11 Å². The molecule has 0 aromatic carbocycles. The smallest absolute Gasteiger partial charge is 0.0979 e. The van der Waals surface area contributed by atoms with Crippen LogP contribution in [0.5, 0.6) is 0 Å². The zero-order valence-corrected chi connectivity index (χ0v) is 8.82. The molecule has 1 unspecified atom stereocenters. The highest BCUT2D eigenvalue weighted by Crippen LogP contribution is 2.14. The Morgan fingerprint density at radius 3 is 2.75 bits per heavy atom. The second-order valence-electron chi connectivity index (χ2n) is 3.51. The van der Waals surface area contributed by atoms with Crippen molar-refractivity contribution in [3.05, 3.63) is 54.4 Å². The van der Waals surface area contributed by atoms with Gasteiger partial charge in [0.15, 0.2) is 0 Å². The van der Waals surface area contributed by atoms with E-state index in [1.54, 1.807) is 24.8 Å². The van der Waals surface area contributed by atoms with Gasteiger partial charge in [-0.05, 0) is 25.0 Å². The van der Waals surface area contributed by atoms with E-state index in [4.69, 9.17) is 0 Å². The zero-order chi connectivity index (χ0) is 11.2. The van der Waals surface area contributed by atoms with Crippen molar-refractivity contribution in [3.63, 3.8) is 0 Å². The van der Waals surface area contributed by atoms with E-state index in [0.717, 1.165) is 12.1 Å². The first-order chi connectivity index (χ1) is 7.86. The van der Waals surface area contributed by atoms with Crippen LogP contribution < -0.4 is 0 Å². The Kier molecular flexibility index (Phi) is 3.56. The van der Waals surface area contributed by atoms with E-state index < -0.39 is 6.10 Å². The predicted molar refractivity (Wildman–Crippen MR) is 59.5 cm³/mol. The Bertz CT molecular complexity index is 419. The van der Waals surface area contributed by atoms with Gasteiger partial charge in [-0.1, -0.05) is 6.07 Å². The molecule has 0 aliphatic rings. The first-order valence-corrected chi connectivity index (χ1v) is 5.20. The topological polar surface area (TPSA) is 58.9 Å². The minimum atomic E-state index is -0.573. The summed E-state index contributed by atoms with van der Waals surface area (Å²) < 4.78 is 0. The number of aryl methyl sites for hydroxylation is 1. The van der Waals surface area contributed by atoms with Crippen LogP contribution in [0.15, 0.2) is 43.0 Å². The largest absolute Gasteiger partial charge is 0.387 e. The summed E-state index contributed by atoms with van der Waals surface area (Å²) in [4.78, 5) is 12.2. The highest BCUT2D eigenvalue weighted by atomic mass is 16.3. The number of aromatic nitrogens is 3. The number of rotatable bonds is 4. The monoisotopic (exact) mass is 215 g/mol. The van der Waals surface area contributed by atoms with Crippen molar-refractivity contribution in [2.45, 2.75) is 18.9 Å². The molecule has 1 N–H and O–H groups in total. The van der Waals surface area contributed by atoms with E-state index in [-0.39, 0.29) is 0 Å². The fourth-order valence-electron chi connectivity index (χ4n) is 1.46. The summed E-state index contributed by atoms with van der Waals surface area (Å²) in [5, 5.41) is 9.85. The van der Waals surface area contributed by atoms with Crippen molar-refractivity contribution in [3.8, 4) is 0 Å². The zero-order valence-electron chi connectivity index (χ0n) is 8.82. The van der Waals surface area contributed by atoms with Gasteiger partial charge in [0.25, 0.3) is 0 Å². The van der Waals surface area contributed by atoms with Crippen LogP contribution in [0.2, 0.25) is 0 Å². The quantitative estimate of drug-likeness (QED) is 0.840. The average Bonchev–Trinajstić information content (AvgIpc) is 2.38. The molecule has 0 spiro atoms. The lowest BCUT2D eigenvalue weighted by atomic mass is 10.1. The van der Waals surface area contributed by atoms with Gasteiger partial charge in [-0.15, -0.1) is 0 Å². The first kappa shape index (κ1) is 10.7. The van der Waals surface area contributed by atoms with Gasteiger partial charge in [0.2, 0.25) is 0 Å². The molecule has 16 heavy (non-hydrogen) atoms. The summed E-state index contributed by atoms with van der Waals surface area (Å²) in [5.74, 6) is 0. The van der Waals surface area contributed by atoms with Crippen LogP contribution in [-0.4, -0.2) is 20.1 Å². The van der Waals surface area contributed by atoms with Crippen molar-refractivity contribution in [1.82, 2.24) is 15.0 Å². The van der Waals surface area contributed by atoms with Crippen LogP contribution in [0.25, 0.3) is 0 Å². The Labute approximate surface area is 94.0 Å².